The Balaban J connectivity index is 2.04. The van der Waals surface area contributed by atoms with Crippen molar-refractivity contribution in [1.29, 1.82) is 0 Å². The molecular formula is C10H18N2O3S. The number of sulfonamides is 1. The van der Waals surface area contributed by atoms with Crippen molar-refractivity contribution in [2.24, 2.45) is 11.7 Å². The fraction of sp³-hybridized carbons (Fsp3) is 0.800. The van der Waals surface area contributed by atoms with E-state index in [1.54, 1.807) is 6.08 Å². The van der Waals surface area contributed by atoms with Gasteiger partial charge in [0.1, 0.15) is 6.23 Å². The molecule has 0 aliphatic heterocycles. The monoisotopic (exact) mass is 246 g/mol. The summed E-state index contributed by atoms with van der Waals surface area (Å²) < 4.78 is 31.2. The Labute approximate surface area is 96.1 Å². The highest BCUT2D eigenvalue weighted by Crippen LogP contribution is 2.45. The smallest absolute Gasteiger partial charge is 0.216 e. The maximum atomic E-state index is 11.8. The average molecular weight is 246 g/mol. The van der Waals surface area contributed by atoms with Crippen LogP contribution in [0.1, 0.15) is 19.3 Å². The van der Waals surface area contributed by atoms with Gasteiger partial charge in [0.25, 0.3) is 0 Å². The summed E-state index contributed by atoms with van der Waals surface area (Å²) in [7, 11) is -1.80. The molecule has 3 atom stereocenters. The highest BCUT2D eigenvalue weighted by Gasteiger charge is 2.57. The minimum Gasteiger partial charge on any atom is -0.364 e. The van der Waals surface area contributed by atoms with Gasteiger partial charge in [-0.15, -0.1) is 6.58 Å². The van der Waals surface area contributed by atoms with Crippen molar-refractivity contribution in [3.05, 3.63) is 12.7 Å². The van der Waals surface area contributed by atoms with E-state index in [-0.39, 0.29) is 11.2 Å². The Morgan fingerprint density at radius 1 is 1.62 bits per heavy atom. The van der Waals surface area contributed by atoms with Gasteiger partial charge >= 0.3 is 0 Å². The van der Waals surface area contributed by atoms with Crippen LogP contribution in [0.25, 0.3) is 0 Å². The van der Waals surface area contributed by atoms with Gasteiger partial charge in [-0.25, -0.2) is 8.42 Å². The molecule has 2 saturated carbocycles. The Bertz CT molecular complexity index is 391. The molecule has 0 aromatic heterocycles. The SMILES string of the molecule is C=CC1C[C@]1(N)C(NS(=O)(=O)C1CC1)OC. The second-order valence-corrected chi connectivity index (χ2v) is 6.63. The highest BCUT2D eigenvalue weighted by molar-refractivity contribution is 7.90. The van der Waals surface area contributed by atoms with Crippen LogP contribution >= 0.6 is 0 Å². The molecule has 16 heavy (non-hydrogen) atoms. The first-order chi connectivity index (χ1) is 7.44. The first-order valence-corrected chi connectivity index (χ1v) is 6.94. The summed E-state index contributed by atoms with van der Waals surface area (Å²) in [5.41, 5.74) is 5.43. The molecule has 0 radical (unpaired) electrons. The summed E-state index contributed by atoms with van der Waals surface area (Å²) in [4.78, 5) is 0. The number of ether oxygens (including phenoxy) is 1. The van der Waals surface area contributed by atoms with Crippen molar-refractivity contribution in [2.75, 3.05) is 7.11 Å². The van der Waals surface area contributed by atoms with Gasteiger partial charge in [0, 0.05) is 13.0 Å². The van der Waals surface area contributed by atoms with E-state index < -0.39 is 21.8 Å². The molecule has 2 unspecified atom stereocenters. The molecule has 0 saturated heterocycles. The summed E-state index contributed by atoms with van der Waals surface area (Å²) in [5.74, 6) is 0.124. The average Bonchev–Trinajstić information content (AvgIpc) is 3.08. The van der Waals surface area contributed by atoms with E-state index in [2.05, 4.69) is 11.3 Å². The van der Waals surface area contributed by atoms with Crippen molar-refractivity contribution in [3.63, 3.8) is 0 Å². The van der Waals surface area contributed by atoms with E-state index in [1.165, 1.54) is 7.11 Å². The Morgan fingerprint density at radius 3 is 2.62 bits per heavy atom. The van der Waals surface area contributed by atoms with Crippen LogP contribution in [0, 0.1) is 5.92 Å². The molecule has 2 fully saturated rings. The van der Waals surface area contributed by atoms with E-state index in [0.717, 1.165) is 12.8 Å². The number of methoxy groups -OCH3 is 1. The van der Waals surface area contributed by atoms with Gasteiger partial charge < -0.3 is 10.5 Å². The predicted molar refractivity (Wildman–Crippen MR) is 61.1 cm³/mol. The summed E-state index contributed by atoms with van der Waals surface area (Å²) in [5, 5.41) is -0.255. The maximum absolute atomic E-state index is 11.8. The van der Waals surface area contributed by atoms with Crippen molar-refractivity contribution in [3.8, 4) is 0 Å². The van der Waals surface area contributed by atoms with E-state index in [1.807, 2.05) is 0 Å². The molecule has 0 heterocycles. The molecule has 2 aliphatic rings. The lowest BCUT2D eigenvalue weighted by Gasteiger charge is -2.24. The van der Waals surface area contributed by atoms with Crippen LogP contribution in [0.5, 0.6) is 0 Å². The molecule has 0 aromatic rings. The van der Waals surface area contributed by atoms with Crippen molar-refractivity contribution in [1.82, 2.24) is 4.72 Å². The predicted octanol–water partition coefficient (Wildman–Crippen LogP) is -0.0559. The minimum atomic E-state index is -3.26. The van der Waals surface area contributed by atoms with Gasteiger partial charge in [-0.3, -0.25) is 0 Å². The second kappa shape index (κ2) is 3.80. The largest absolute Gasteiger partial charge is 0.364 e. The first kappa shape index (κ1) is 12.0. The fourth-order valence-corrected chi connectivity index (χ4v) is 3.49. The zero-order chi connectivity index (χ0) is 12.0. The Hall–Kier alpha value is -0.430. The molecule has 0 amide bonds. The lowest BCUT2D eigenvalue weighted by molar-refractivity contribution is 0.0601. The zero-order valence-electron chi connectivity index (χ0n) is 9.35. The van der Waals surface area contributed by atoms with Crippen LogP contribution in [0.3, 0.4) is 0 Å². The Kier molecular flexibility index (Phi) is 2.86. The van der Waals surface area contributed by atoms with Crippen LogP contribution < -0.4 is 10.5 Å². The van der Waals surface area contributed by atoms with E-state index in [0.29, 0.717) is 6.42 Å². The van der Waals surface area contributed by atoms with Gasteiger partial charge in [-0.1, -0.05) is 6.08 Å². The van der Waals surface area contributed by atoms with Crippen LogP contribution in [0.4, 0.5) is 0 Å². The molecule has 6 heteroatoms. The van der Waals surface area contributed by atoms with Gasteiger partial charge in [-0.2, -0.15) is 4.72 Å². The number of rotatable bonds is 6. The molecule has 5 nitrogen and oxygen atoms in total. The van der Waals surface area contributed by atoms with Gasteiger partial charge in [0.2, 0.25) is 10.0 Å². The van der Waals surface area contributed by atoms with E-state index in [9.17, 15) is 8.42 Å². The van der Waals surface area contributed by atoms with Crippen LogP contribution in [0.2, 0.25) is 0 Å². The van der Waals surface area contributed by atoms with Gasteiger partial charge in [0.05, 0.1) is 10.8 Å². The molecule has 2 rings (SSSR count). The minimum absolute atomic E-state index is 0.124. The summed E-state index contributed by atoms with van der Waals surface area (Å²) in [6.45, 7) is 3.67. The van der Waals surface area contributed by atoms with Crippen molar-refractivity contribution < 1.29 is 13.2 Å². The fourth-order valence-electron chi connectivity index (χ4n) is 1.93. The highest BCUT2D eigenvalue weighted by atomic mass is 32.2. The van der Waals surface area contributed by atoms with Crippen LogP contribution in [0.15, 0.2) is 12.7 Å². The summed E-state index contributed by atoms with van der Waals surface area (Å²) in [6.07, 6.45) is 3.27. The lowest BCUT2D eigenvalue weighted by atomic mass is 10.2. The van der Waals surface area contributed by atoms with Crippen LogP contribution in [-0.2, 0) is 14.8 Å². The van der Waals surface area contributed by atoms with Crippen molar-refractivity contribution in [2.45, 2.75) is 36.3 Å². The van der Waals surface area contributed by atoms with Crippen LogP contribution in [-0.4, -0.2) is 32.5 Å². The third-order valence-electron chi connectivity index (χ3n) is 3.35. The maximum Gasteiger partial charge on any atom is 0.216 e. The second-order valence-electron chi connectivity index (χ2n) is 4.64. The van der Waals surface area contributed by atoms with Crippen molar-refractivity contribution >= 4 is 10.0 Å². The first-order valence-electron chi connectivity index (χ1n) is 5.39. The number of nitrogens with one attached hydrogen (secondary N) is 1. The molecule has 92 valence electrons. The van der Waals surface area contributed by atoms with E-state index in [4.69, 9.17) is 10.5 Å². The molecule has 3 N–H and O–H groups in total. The quantitative estimate of drug-likeness (QED) is 0.508. The Morgan fingerprint density at radius 2 is 2.25 bits per heavy atom. The summed E-state index contributed by atoms with van der Waals surface area (Å²) >= 11 is 0. The van der Waals surface area contributed by atoms with E-state index >= 15 is 0 Å². The third kappa shape index (κ3) is 2.02. The number of hydrogen-bond acceptors (Lipinski definition) is 4. The molecule has 0 spiro atoms. The molecule has 0 aromatic carbocycles. The number of nitrogens with two attached hydrogens (primary N) is 1. The zero-order valence-corrected chi connectivity index (χ0v) is 10.2. The molecular weight excluding hydrogens is 228 g/mol. The van der Waals surface area contributed by atoms with Gasteiger partial charge in [0.15, 0.2) is 0 Å². The third-order valence-corrected chi connectivity index (χ3v) is 5.24. The topological polar surface area (TPSA) is 81.4 Å². The van der Waals surface area contributed by atoms with Gasteiger partial charge in [-0.05, 0) is 19.3 Å². The normalized spacial score (nSPS) is 35.8. The molecule has 0 bridgehead atoms. The standard InChI is InChI=1S/C10H18N2O3S/c1-3-7-6-10(7,11)9(15-2)12-16(13,14)8-4-5-8/h3,7-9,12H,1,4-6,11H2,2H3/t7?,9?,10-/m1/s1. The molecule has 2 aliphatic carbocycles. The summed E-state index contributed by atoms with van der Waals surface area (Å²) in [6, 6.07) is 0. The number of hydrogen-bond donors (Lipinski definition) is 2. The lowest BCUT2D eigenvalue weighted by Crippen LogP contribution is -2.52.